The van der Waals surface area contributed by atoms with E-state index in [9.17, 15) is 18.0 Å². The van der Waals surface area contributed by atoms with E-state index in [1.54, 1.807) is 19.1 Å². The Hall–Kier alpha value is -3.36. The molecule has 3 aromatic rings. The molecule has 9 heteroatoms. The molecule has 6 nitrogen and oxygen atoms in total. The molecule has 27 heavy (non-hydrogen) atoms. The maximum atomic E-state index is 12.8. The number of amides is 1. The van der Waals surface area contributed by atoms with Gasteiger partial charge >= 0.3 is 6.18 Å². The molecule has 0 aliphatic carbocycles. The van der Waals surface area contributed by atoms with E-state index in [1.807, 2.05) is 0 Å². The lowest BCUT2D eigenvalue weighted by atomic mass is 10.2. The van der Waals surface area contributed by atoms with E-state index in [0.717, 1.165) is 12.1 Å². The first-order valence-electron chi connectivity index (χ1n) is 7.81. The van der Waals surface area contributed by atoms with Crippen molar-refractivity contribution in [1.82, 2.24) is 10.1 Å². The van der Waals surface area contributed by atoms with Crippen molar-refractivity contribution in [3.05, 3.63) is 71.4 Å². The van der Waals surface area contributed by atoms with Gasteiger partial charge in [0.1, 0.15) is 18.1 Å². The molecule has 0 saturated heterocycles. The Labute approximate surface area is 152 Å². The van der Waals surface area contributed by atoms with Gasteiger partial charge in [-0.05, 0) is 37.3 Å². The SMILES string of the molecule is Cc1onc(C(=O)Nc2ccncc2)c1COc1cccc(C(F)(F)F)c1. The highest BCUT2D eigenvalue weighted by Gasteiger charge is 2.30. The summed E-state index contributed by atoms with van der Waals surface area (Å²) in [7, 11) is 0. The largest absolute Gasteiger partial charge is 0.489 e. The summed E-state index contributed by atoms with van der Waals surface area (Å²) >= 11 is 0. The molecule has 1 aromatic carbocycles. The van der Waals surface area contributed by atoms with Gasteiger partial charge in [0.2, 0.25) is 0 Å². The summed E-state index contributed by atoms with van der Waals surface area (Å²) in [6.45, 7) is 1.41. The Balaban J connectivity index is 1.75. The lowest BCUT2D eigenvalue weighted by Gasteiger charge is -2.10. The molecule has 0 atom stereocenters. The minimum atomic E-state index is -4.47. The van der Waals surface area contributed by atoms with Crippen molar-refractivity contribution >= 4 is 11.6 Å². The summed E-state index contributed by atoms with van der Waals surface area (Å²) in [6.07, 6.45) is -1.44. The molecule has 140 valence electrons. The zero-order valence-corrected chi connectivity index (χ0v) is 14.1. The highest BCUT2D eigenvalue weighted by molar-refractivity contribution is 6.03. The monoisotopic (exact) mass is 377 g/mol. The summed E-state index contributed by atoms with van der Waals surface area (Å²) < 4.78 is 48.8. The number of anilines is 1. The summed E-state index contributed by atoms with van der Waals surface area (Å²) in [5.74, 6) is -0.173. The zero-order chi connectivity index (χ0) is 19.4. The number of rotatable bonds is 5. The van der Waals surface area contributed by atoms with Gasteiger partial charge in [0.15, 0.2) is 5.69 Å². The van der Waals surface area contributed by atoms with Gasteiger partial charge in [0.25, 0.3) is 5.91 Å². The van der Waals surface area contributed by atoms with Crippen molar-refractivity contribution in [1.29, 1.82) is 0 Å². The third-order valence-corrected chi connectivity index (χ3v) is 3.68. The van der Waals surface area contributed by atoms with Gasteiger partial charge < -0.3 is 14.6 Å². The number of hydrogen-bond donors (Lipinski definition) is 1. The number of hydrogen-bond acceptors (Lipinski definition) is 5. The molecule has 2 heterocycles. The molecule has 0 spiro atoms. The van der Waals surface area contributed by atoms with Gasteiger partial charge in [-0.25, -0.2) is 0 Å². The molecule has 0 aliphatic heterocycles. The predicted molar refractivity (Wildman–Crippen MR) is 89.2 cm³/mol. The average Bonchev–Trinajstić information content (AvgIpc) is 3.01. The minimum Gasteiger partial charge on any atom is -0.489 e. The number of carbonyl (C=O) groups excluding carboxylic acids is 1. The van der Waals surface area contributed by atoms with E-state index in [1.165, 1.54) is 24.5 Å². The van der Waals surface area contributed by atoms with Crippen LogP contribution in [0.4, 0.5) is 18.9 Å². The molecule has 0 radical (unpaired) electrons. The van der Waals surface area contributed by atoms with Crippen LogP contribution in [0.15, 0.2) is 53.3 Å². The Morgan fingerprint density at radius 1 is 1.22 bits per heavy atom. The average molecular weight is 377 g/mol. The van der Waals surface area contributed by atoms with E-state index >= 15 is 0 Å². The second kappa shape index (κ2) is 7.48. The van der Waals surface area contributed by atoms with Crippen molar-refractivity contribution in [2.75, 3.05) is 5.32 Å². The Morgan fingerprint density at radius 2 is 1.96 bits per heavy atom. The second-order valence-electron chi connectivity index (χ2n) is 5.57. The fourth-order valence-electron chi connectivity index (χ4n) is 2.28. The maximum absolute atomic E-state index is 12.8. The third-order valence-electron chi connectivity index (χ3n) is 3.68. The number of carbonyl (C=O) groups is 1. The lowest BCUT2D eigenvalue weighted by molar-refractivity contribution is -0.137. The molecule has 0 bridgehead atoms. The van der Waals surface area contributed by atoms with Crippen LogP contribution in [0.25, 0.3) is 0 Å². The first kappa shape index (κ1) is 18.4. The molecule has 0 unspecified atom stereocenters. The topological polar surface area (TPSA) is 77.3 Å². The predicted octanol–water partition coefficient (Wildman–Crippen LogP) is 4.23. The van der Waals surface area contributed by atoms with Crippen LogP contribution in [0.1, 0.15) is 27.4 Å². The number of ether oxygens (including phenoxy) is 1. The molecule has 2 aromatic heterocycles. The van der Waals surface area contributed by atoms with Crippen LogP contribution in [0, 0.1) is 6.92 Å². The smallest absolute Gasteiger partial charge is 0.416 e. The van der Waals surface area contributed by atoms with Crippen LogP contribution in [-0.2, 0) is 12.8 Å². The quantitative estimate of drug-likeness (QED) is 0.720. The van der Waals surface area contributed by atoms with E-state index < -0.39 is 17.6 Å². The number of aromatic nitrogens is 2. The first-order chi connectivity index (χ1) is 12.8. The van der Waals surface area contributed by atoms with Gasteiger partial charge in [-0.15, -0.1) is 0 Å². The van der Waals surface area contributed by atoms with E-state index in [-0.39, 0.29) is 18.1 Å². The second-order valence-corrected chi connectivity index (χ2v) is 5.57. The van der Waals surface area contributed by atoms with Crippen LogP contribution in [-0.4, -0.2) is 16.0 Å². The van der Waals surface area contributed by atoms with E-state index in [2.05, 4.69) is 15.5 Å². The molecular weight excluding hydrogens is 363 g/mol. The van der Waals surface area contributed by atoms with E-state index in [4.69, 9.17) is 9.26 Å². The van der Waals surface area contributed by atoms with Crippen molar-refractivity contribution in [3.8, 4) is 5.75 Å². The molecular formula is C18H14F3N3O3. The van der Waals surface area contributed by atoms with Crippen LogP contribution < -0.4 is 10.1 Å². The van der Waals surface area contributed by atoms with Crippen LogP contribution in [0.5, 0.6) is 5.75 Å². The summed E-state index contributed by atoms with van der Waals surface area (Å²) in [6, 6.07) is 7.68. The Morgan fingerprint density at radius 3 is 2.67 bits per heavy atom. The van der Waals surface area contributed by atoms with Gasteiger partial charge in [-0.2, -0.15) is 13.2 Å². The van der Waals surface area contributed by atoms with Crippen LogP contribution in [0.3, 0.4) is 0 Å². The number of nitrogens with zero attached hydrogens (tertiary/aromatic N) is 2. The maximum Gasteiger partial charge on any atom is 0.416 e. The van der Waals surface area contributed by atoms with E-state index in [0.29, 0.717) is 17.0 Å². The molecule has 0 saturated carbocycles. The van der Waals surface area contributed by atoms with Gasteiger partial charge in [0, 0.05) is 18.1 Å². The molecule has 3 rings (SSSR count). The number of nitrogens with one attached hydrogen (secondary N) is 1. The fourth-order valence-corrected chi connectivity index (χ4v) is 2.28. The summed E-state index contributed by atoms with van der Waals surface area (Å²) in [5.41, 5.74) is 0.0355. The first-order valence-corrected chi connectivity index (χ1v) is 7.81. The number of aryl methyl sites for hydroxylation is 1. The molecule has 0 fully saturated rings. The minimum absolute atomic E-state index is 0.00344. The summed E-state index contributed by atoms with van der Waals surface area (Å²) in [5, 5.41) is 6.35. The van der Waals surface area contributed by atoms with Crippen LogP contribution in [0.2, 0.25) is 0 Å². The third kappa shape index (κ3) is 4.43. The standard InChI is InChI=1S/C18H14F3N3O3/c1-11-15(10-26-14-4-2-3-12(9-14)18(19,20)21)16(24-27-11)17(25)23-13-5-7-22-8-6-13/h2-9H,10H2,1H3,(H,22,23,25). The number of benzene rings is 1. The normalized spacial score (nSPS) is 11.3. The van der Waals surface area contributed by atoms with Crippen molar-refractivity contribution in [3.63, 3.8) is 0 Å². The fraction of sp³-hybridized carbons (Fsp3) is 0.167. The lowest BCUT2D eigenvalue weighted by Crippen LogP contribution is -2.15. The Kier molecular flexibility index (Phi) is 5.11. The van der Waals surface area contributed by atoms with Gasteiger partial charge in [0.05, 0.1) is 11.1 Å². The van der Waals surface area contributed by atoms with Gasteiger partial charge in [-0.1, -0.05) is 11.2 Å². The van der Waals surface area contributed by atoms with Crippen molar-refractivity contribution < 1.29 is 27.2 Å². The summed E-state index contributed by atoms with van der Waals surface area (Å²) in [4.78, 5) is 16.2. The van der Waals surface area contributed by atoms with Crippen LogP contribution >= 0.6 is 0 Å². The van der Waals surface area contributed by atoms with Crippen molar-refractivity contribution in [2.45, 2.75) is 19.7 Å². The zero-order valence-electron chi connectivity index (χ0n) is 14.1. The van der Waals surface area contributed by atoms with Gasteiger partial charge in [-0.3, -0.25) is 9.78 Å². The molecule has 1 amide bonds. The Bertz CT molecular complexity index is 940. The highest BCUT2D eigenvalue weighted by atomic mass is 19.4. The number of pyridine rings is 1. The highest BCUT2D eigenvalue weighted by Crippen LogP contribution is 2.31. The number of alkyl halides is 3. The number of halogens is 3. The molecule has 0 aliphatic rings. The molecule has 1 N–H and O–H groups in total. The van der Waals surface area contributed by atoms with Crippen molar-refractivity contribution in [2.24, 2.45) is 0 Å².